The lowest BCUT2D eigenvalue weighted by molar-refractivity contribution is -0.115. The summed E-state index contributed by atoms with van der Waals surface area (Å²) in [6.07, 6.45) is 2.43. The molecule has 6 nitrogen and oxygen atoms in total. The SMILES string of the molecule is Cc1cc(NC(=O)C(C)S(C)(=O)=O)ncc1N. The molecule has 0 fully saturated rings. The van der Waals surface area contributed by atoms with E-state index in [1.165, 1.54) is 13.1 Å². The first-order valence-electron chi connectivity index (χ1n) is 4.93. The van der Waals surface area contributed by atoms with Crippen molar-refractivity contribution in [2.45, 2.75) is 19.1 Å². The van der Waals surface area contributed by atoms with E-state index in [2.05, 4.69) is 10.3 Å². The van der Waals surface area contributed by atoms with Gasteiger partial charge >= 0.3 is 0 Å². The smallest absolute Gasteiger partial charge is 0.243 e. The molecule has 0 bridgehead atoms. The highest BCUT2D eigenvalue weighted by Gasteiger charge is 2.23. The number of nitrogens with zero attached hydrogens (tertiary/aromatic N) is 1. The number of nitrogens with one attached hydrogen (secondary N) is 1. The summed E-state index contributed by atoms with van der Waals surface area (Å²) in [6, 6.07) is 1.59. The topological polar surface area (TPSA) is 102 Å². The molecule has 0 aliphatic rings. The highest BCUT2D eigenvalue weighted by Crippen LogP contribution is 2.13. The molecule has 0 saturated carbocycles. The van der Waals surface area contributed by atoms with Crippen LogP contribution in [0.1, 0.15) is 12.5 Å². The van der Waals surface area contributed by atoms with Crippen LogP contribution in [0, 0.1) is 6.92 Å². The Morgan fingerprint density at radius 3 is 2.59 bits per heavy atom. The number of sulfone groups is 1. The number of nitrogen functional groups attached to an aromatic ring is 1. The third-order valence-corrected chi connectivity index (χ3v) is 3.91. The fraction of sp³-hybridized carbons (Fsp3) is 0.400. The number of anilines is 2. The van der Waals surface area contributed by atoms with E-state index in [4.69, 9.17) is 5.73 Å². The number of pyridine rings is 1. The Morgan fingerprint density at radius 2 is 2.12 bits per heavy atom. The zero-order valence-corrected chi connectivity index (χ0v) is 10.7. The van der Waals surface area contributed by atoms with Crippen LogP contribution in [0.3, 0.4) is 0 Å². The molecule has 1 aromatic rings. The maximum Gasteiger partial charge on any atom is 0.243 e. The summed E-state index contributed by atoms with van der Waals surface area (Å²) in [4.78, 5) is 15.5. The Hall–Kier alpha value is -1.63. The average Bonchev–Trinajstić information content (AvgIpc) is 2.21. The summed E-state index contributed by atoms with van der Waals surface area (Å²) in [7, 11) is -3.40. The van der Waals surface area contributed by atoms with E-state index in [0.717, 1.165) is 11.8 Å². The Balaban J connectivity index is 2.85. The number of carbonyl (C=O) groups is 1. The number of rotatable bonds is 3. The van der Waals surface area contributed by atoms with Gasteiger partial charge in [-0.15, -0.1) is 0 Å². The summed E-state index contributed by atoms with van der Waals surface area (Å²) in [5.74, 6) is -0.318. The molecule has 1 rings (SSSR count). The van der Waals surface area contributed by atoms with Crippen molar-refractivity contribution in [1.29, 1.82) is 0 Å². The molecule has 0 saturated heterocycles. The summed E-state index contributed by atoms with van der Waals surface area (Å²) in [6.45, 7) is 3.10. The summed E-state index contributed by atoms with van der Waals surface area (Å²) >= 11 is 0. The Labute approximate surface area is 100 Å². The van der Waals surface area contributed by atoms with Crippen LogP contribution in [0.25, 0.3) is 0 Å². The number of carbonyl (C=O) groups excluding carboxylic acids is 1. The maximum absolute atomic E-state index is 11.6. The van der Waals surface area contributed by atoms with Gasteiger partial charge in [0.15, 0.2) is 9.84 Å². The highest BCUT2D eigenvalue weighted by atomic mass is 32.2. The lowest BCUT2D eigenvalue weighted by Gasteiger charge is -2.10. The maximum atomic E-state index is 11.6. The van der Waals surface area contributed by atoms with Crippen molar-refractivity contribution in [2.24, 2.45) is 0 Å². The van der Waals surface area contributed by atoms with Gasteiger partial charge in [-0.2, -0.15) is 0 Å². The number of hydrogen-bond donors (Lipinski definition) is 2. The summed E-state index contributed by atoms with van der Waals surface area (Å²) in [5.41, 5.74) is 6.86. The van der Waals surface area contributed by atoms with Crippen molar-refractivity contribution in [3.05, 3.63) is 17.8 Å². The fourth-order valence-corrected chi connectivity index (χ4v) is 1.51. The van der Waals surface area contributed by atoms with Crippen LogP contribution in [-0.2, 0) is 14.6 Å². The third kappa shape index (κ3) is 3.42. The molecule has 0 aliphatic heterocycles. The monoisotopic (exact) mass is 257 g/mol. The number of amides is 1. The van der Waals surface area contributed by atoms with Gasteiger partial charge in [0.1, 0.15) is 11.1 Å². The zero-order chi connectivity index (χ0) is 13.2. The van der Waals surface area contributed by atoms with E-state index < -0.39 is 21.0 Å². The molecular formula is C10H15N3O3S. The molecule has 1 amide bonds. The van der Waals surface area contributed by atoms with Gasteiger partial charge in [0.2, 0.25) is 5.91 Å². The van der Waals surface area contributed by atoms with Crippen LogP contribution >= 0.6 is 0 Å². The van der Waals surface area contributed by atoms with Crippen LogP contribution < -0.4 is 11.1 Å². The largest absolute Gasteiger partial charge is 0.397 e. The molecule has 1 atom stereocenters. The fourth-order valence-electron chi connectivity index (χ4n) is 1.06. The quantitative estimate of drug-likeness (QED) is 0.813. The van der Waals surface area contributed by atoms with Crippen LogP contribution in [0.2, 0.25) is 0 Å². The van der Waals surface area contributed by atoms with Gasteiger partial charge in [0, 0.05) is 6.26 Å². The lowest BCUT2D eigenvalue weighted by Crippen LogP contribution is -2.32. The molecule has 0 aromatic carbocycles. The molecular weight excluding hydrogens is 242 g/mol. The van der Waals surface area contributed by atoms with Crippen molar-refractivity contribution in [1.82, 2.24) is 4.98 Å². The van der Waals surface area contributed by atoms with Crippen molar-refractivity contribution < 1.29 is 13.2 Å². The van der Waals surface area contributed by atoms with Gasteiger partial charge < -0.3 is 11.1 Å². The minimum atomic E-state index is -3.40. The molecule has 3 N–H and O–H groups in total. The van der Waals surface area contributed by atoms with Gasteiger partial charge in [-0.3, -0.25) is 4.79 Å². The van der Waals surface area contributed by atoms with E-state index >= 15 is 0 Å². The zero-order valence-electron chi connectivity index (χ0n) is 9.89. The Morgan fingerprint density at radius 1 is 1.53 bits per heavy atom. The molecule has 0 aliphatic carbocycles. The van der Waals surface area contributed by atoms with Crippen LogP contribution in [0.15, 0.2) is 12.3 Å². The van der Waals surface area contributed by atoms with Gasteiger partial charge in [0.25, 0.3) is 0 Å². The first-order valence-corrected chi connectivity index (χ1v) is 6.89. The van der Waals surface area contributed by atoms with E-state index in [1.807, 2.05) is 0 Å². The first-order chi connectivity index (χ1) is 7.71. The van der Waals surface area contributed by atoms with Gasteiger partial charge in [-0.05, 0) is 25.5 Å². The van der Waals surface area contributed by atoms with Gasteiger partial charge in [-0.25, -0.2) is 13.4 Å². The molecule has 1 aromatic heterocycles. The highest BCUT2D eigenvalue weighted by molar-refractivity contribution is 7.92. The molecule has 1 unspecified atom stereocenters. The number of hydrogen-bond acceptors (Lipinski definition) is 5. The number of aryl methyl sites for hydroxylation is 1. The number of nitrogens with two attached hydrogens (primary N) is 1. The van der Waals surface area contributed by atoms with Crippen LogP contribution in [0.5, 0.6) is 0 Å². The molecule has 17 heavy (non-hydrogen) atoms. The van der Waals surface area contributed by atoms with Crippen LogP contribution in [0.4, 0.5) is 11.5 Å². The van der Waals surface area contributed by atoms with Crippen molar-refractivity contribution in [2.75, 3.05) is 17.3 Å². The summed E-state index contributed by atoms with van der Waals surface area (Å²) < 4.78 is 22.4. The van der Waals surface area contributed by atoms with E-state index in [-0.39, 0.29) is 5.82 Å². The average molecular weight is 257 g/mol. The second kappa shape index (κ2) is 4.70. The summed E-state index contributed by atoms with van der Waals surface area (Å²) in [5, 5.41) is 1.32. The Kier molecular flexibility index (Phi) is 3.72. The van der Waals surface area contributed by atoms with Crippen molar-refractivity contribution in [3.63, 3.8) is 0 Å². The Bertz CT molecular complexity index is 540. The van der Waals surface area contributed by atoms with Crippen molar-refractivity contribution >= 4 is 27.2 Å². The molecule has 0 radical (unpaired) electrons. The molecule has 7 heteroatoms. The second-order valence-corrected chi connectivity index (χ2v) is 6.25. The van der Waals surface area contributed by atoms with Crippen LogP contribution in [-0.4, -0.2) is 30.8 Å². The van der Waals surface area contributed by atoms with Gasteiger partial charge in [-0.1, -0.05) is 0 Å². The van der Waals surface area contributed by atoms with Crippen molar-refractivity contribution in [3.8, 4) is 0 Å². The molecule has 94 valence electrons. The first kappa shape index (κ1) is 13.4. The second-order valence-electron chi connectivity index (χ2n) is 3.89. The standard InChI is InChI=1S/C10H15N3O3S/c1-6-4-9(12-5-8(6)11)13-10(14)7(2)17(3,15)16/h4-5,7H,11H2,1-3H3,(H,12,13,14). The number of aromatic nitrogens is 1. The van der Waals surface area contributed by atoms with Gasteiger partial charge in [0.05, 0.1) is 11.9 Å². The van der Waals surface area contributed by atoms with E-state index in [0.29, 0.717) is 5.69 Å². The molecule has 0 spiro atoms. The predicted octanol–water partition coefficient (Wildman–Crippen LogP) is 0.344. The van der Waals surface area contributed by atoms with E-state index in [1.54, 1.807) is 13.0 Å². The lowest BCUT2D eigenvalue weighted by atomic mass is 10.2. The van der Waals surface area contributed by atoms with E-state index in [9.17, 15) is 13.2 Å². The minimum absolute atomic E-state index is 0.289. The normalized spacial score (nSPS) is 13.1. The third-order valence-electron chi connectivity index (χ3n) is 2.41. The predicted molar refractivity (Wildman–Crippen MR) is 66.3 cm³/mol. The minimum Gasteiger partial charge on any atom is -0.397 e. The molecule has 1 heterocycles.